The molecule has 1 aliphatic heterocycles. The highest BCUT2D eigenvalue weighted by molar-refractivity contribution is 6.17. The molecule has 2 unspecified atom stereocenters. The maximum absolute atomic E-state index is 5.89. The van der Waals surface area contributed by atoms with Gasteiger partial charge in [-0.25, -0.2) is 0 Å². The SMILES string of the molecule is CCC(CCCl)CNCC1OCCc2ccccc21. The lowest BCUT2D eigenvalue weighted by molar-refractivity contribution is 0.0419. The fourth-order valence-electron chi connectivity index (χ4n) is 2.67. The number of hydrogen-bond acceptors (Lipinski definition) is 2. The van der Waals surface area contributed by atoms with E-state index < -0.39 is 0 Å². The number of nitrogens with one attached hydrogen (secondary N) is 1. The van der Waals surface area contributed by atoms with Gasteiger partial charge in [0.25, 0.3) is 0 Å². The molecule has 0 spiro atoms. The topological polar surface area (TPSA) is 21.3 Å². The molecule has 2 atom stereocenters. The van der Waals surface area contributed by atoms with Crippen molar-refractivity contribution in [1.29, 1.82) is 0 Å². The normalized spacial score (nSPS) is 20.0. The Bertz CT molecular complexity index is 383. The van der Waals surface area contributed by atoms with Crippen molar-refractivity contribution in [3.63, 3.8) is 0 Å². The van der Waals surface area contributed by atoms with Gasteiger partial charge in [-0.1, -0.05) is 37.6 Å². The maximum atomic E-state index is 5.89. The van der Waals surface area contributed by atoms with Crippen LogP contribution in [0, 0.1) is 5.92 Å². The molecule has 0 amide bonds. The molecule has 19 heavy (non-hydrogen) atoms. The van der Waals surface area contributed by atoms with Gasteiger partial charge in [0.05, 0.1) is 12.7 Å². The lowest BCUT2D eigenvalue weighted by Gasteiger charge is -2.27. The van der Waals surface area contributed by atoms with E-state index in [1.807, 2.05) is 0 Å². The third-order valence-corrected chi connectivity index (χ3v) is 4.17. The van der Waals surface area contributed by atoms with E-state index in [1.165, 1.54) is 17.5 Å². The van der Waals surface area contributed by atoms with Crippen molar-refractivity contribution < 1.29 is 4.74 Å². The summed E-state index contributed by atoms with van der Waals surface area (Å²) in [7, 11) is 0. The molecular formula is C16H24ClNO. The van der Waals surface area contributed by atoms with Crippen LogP contribution in [0.25, 0.3) is 0 Å². The van der Waals surface area contributed by atoms with Gasteiger partial charge in [0.2, 0.25) is 0 Å². The summed E-state index contributed by atoms with van der Waals surface area (Å²) in [4.78, 5) is 0. The van der Waals surface area contributed by atoms with E-state index in [1.54, 1.807) is 0 Å². The number of alkyl halides is 1. The molecule has 0 aromatic heterocycles. The molecule has 3 heteroatoms. The summed E-state index contributed by atoms with van der Waals surface area (Å²) >= 11 is 5.82. The van der Waals surface area contributed by atoms with Crippen LogP contribution in [-0.2, 0) is 11.2 Å². The fraction of sp³-hybridized carbons (Fsp3) is 0.625. The van der Waals surface area contributed by atoms with E-state index in [0.717, 1.165) is 38.4 Å². The van der Waals surface area contributed by atoms with E-state index in [-0.39, 0.29) is 6.10 Å². The Morgan fingerprint density at radius 3 is 3.05 bits per heavy atom. The lowest BCUT2D eigenvalue weighted by Crippen LogP contribution is -2.31. The molecule has 0 radical (unpaired) electrons. The maximum Gasteiger partial charge on any atom is 0.0952 e. The van der Waals surface area contributed by atoms with Gasteiger partial charge < -0.3 is 10.1 Å². The molecule has 0 fully saturated rings. The zero-order valence-corrected chi connectivity index (χ0v) is 12.5. The van der Waals surface area contributed by atoms with Gasteiger partial charge in [0.15, 0.2) is 0 Å². The first-order valence-electron chi connectivity index (χ1n) is 7.31. The molecule has 2 rings (SSSR count). The van der Waals surface area contributed by atoms with Crippen molar-refractivity contribution in [2.75, 3.05) is 25.6 Å². The first-order chi connectivity index (χ1) is 9.35. The summed E-state index contributed by atoms with van der Waals surface area (Å²) < 4.78 is 5.89. The molecule has 2 nitrogen and oxygen atoms in total. The van der Waals surface area contributed by atoms with Crippen LogP contribution in [0.3, 0.4) is 0 Å². The highest BCUT2D eigenvalue weighted by Gasteiger charge is 2.20. The van der Waals surface area contributed by atoms with Gasteiger partial charge in [-0.3, -0.25) is 0 Å². The molecule has 1 heterocycles. The summed E-state index contributed by atoms with van der Waals surface area (Å²) in [6.45, 7) is 4.99. The van der Waals surface area contributed by atoms with Gasteiger partial charge in [-0.05, 0) is 36.4 Å². The van der Waals surface area contributed by atoms with Gasteiger partial charge in [0, 0.05) is 12.4 Å². The number of fused-ring (bicyclic) bond motifs is 1. The Kier molecular flexibility index (Phi) is 6.15. The Balaban J connectivity index is 1.84. The zero-order valence-electron chi connectivity index (χ0n) is 11.7. The Morgan fingerprint density at radius 2 is 2.26 bits per heavy atom. The minimum atomic E-state index is 0.207. The van der Waals surface area contributed by atoms with E-state index in [0.29, 0.717) is 5.92 Å². The third kappa shape index (κ3) is 4.20. The minimum absolute atomic E-state index is 0.207. The van der Waals surface area contributed by atoms with E-state index in [9.17, 15) is 0 Å². The molecule has 0 saturated carbocycles. The second-order valence-electron chi connectivity index (χ2n) is 5.22. The third-order valence-electron chi connectivity index (χ3n) is 3.95. The Morgan fingerprint density at radius 1 is 1.42 bits per heavy atom. The van der Waals surface area contributed by atoms with Gasteiger partial charge in [-0.15, -0.1) is 11.6 Å². The van der Waals surface area contributed by atoms with Crippen molar-refractivity contribution in [2.45, 2.75) is 32.3 Å². The average Bonchev–Trinajstić information content (AvgIpc) is 2.46. The molecule has 0 saturated heterocycles. The van der Waals surface area contributed by atoms with Crippen molar-refractivity contribution in [2.24, 2.45) is 5.92 Å². The number of benzene rings is 1. The van der Waals surface area contributed by atoms with Crippen LogP contribution in [0.5, 0.6) is 0 Å². The summed E-state index contributed by atoms with van der Waals surface area (Å²) in [6, 6.07) is 8.62. The van der Waals surface area contributed by atoms with Crippen LogP contribution in [0.15, 0.2) is 24.3 Å². The minimum Gasteiger partial charge on any atom is -0.372 e. The number of hydrogen-bond donors (Lipinski definition) is 1. The monoisotopic (exact) mass is 281 g/mol. The predicted molar refractivity (Wildman–Crippen MR) is 80.8 cm³/mol. The van der Waals surface area contributed by atoms with Crippen molar-refractivity contribution in [1.82, 2.24) is 5.32 Å². The highest BCUT2D eigenvalue weighted by Crippen LogP contribution is 2.26. The van der Waals surface area contributed by atoms with Crippen molar-refractivity contribution in [3.05, 3.63) is 35.4 Å². The smallest absolute Gasteiger partial charge is 0.0952 e. The van der Waals surface area contributed by atoms with Crippen LogP contribution in [0.2, 0.25) is 0 Å². The predicted octanol–water partition coefficient (Wildman–Crippen LogP) is 3.55. The Labute approximate surface area is 121 Å². The van der Waals surface area contributed by atoms with E-state index in [4.69, 9.17) is 16.3 Å². The van der Waals surface area contributed by atoms with Crippen molar-refractivity contribution in [3.8, 4) is 0 Å². The highest BCUT2D eigenvalue weighted by atomic mass is 35.5. The Hall–Kier alpha value is -0.570. The summed E-state index contributed by atoms with van der Waals surface area (Å²) in [5.74, 6) is 1.43. The number of halogens is 1. The number of ether oxygens (including phenoxy) is 1. The summed E-state index contributed by atoms with van der Waals surface area (Å²) in [5.41, 5.74) is 2.79. The van der Waals surface area contributed by atoms with Crippen molar-refractivity contribution >= 4 is 11.6 Å². The van der Waals surface area contributed by atoms with Crippen LogP contribution >= 0.6 is 11.6 Å². The molecule has 0 bridgehead atoms. The van der Waals surface area contributed by atoms with Crippen LogP contribution in [0.1, 0.15) is 37.0 Å². The molecule has 1 N–H and O–H groups in total. The van der Waals surface area contributed by atoms with Gasteiger partial charge in [-0.2, -0.15) is 0 Å². The summed E-state index contributed by atoms with van der Waals surface area (Å²) in [5, 5.41) is 3.55. The van der Waals surface area contributed by atoms with Crippen LogP contribution in [0.4, 0.5) is 0 Å². The van der Waals surface area contributed by atoms with E-state index in [2.05, 4.69) is 36.5 Å². The molecule has 0 aliphatic carbocycles. The lowest BCUT2D eigenvalue weighted by atomic mass is 9.97. The first-order valence-corrected chi connectivity index (χ1v) is 7.84. The van der Waals surface area contributed by atoms with Gasteiger partial charge >= 0.3 is 0 Å². The van der Waals surface area contributed by atoms with E-state index >= 15 is 0 Å². The standard InChI is InChI=1S/C16H24ClNO/c1-2-13(7-9-17)11-18-12-16-15-6-4-3-5-14(15)8-10-19-16/h3-6,13,16,18H,2,7-12H2,1H3. The van der Waals surface area contributed by atoms with Gasteiger partial charge in [0.1, 0.15) is 0 Å². The average molecular weight is 282 g/mol. The number of rotatable bonds is 7. The molecule has 106 valence electrons. The molecular weight excluding hydrogens is 258 g/mol. The second kappa shape index (κ2) is 7.88. The molecule has 1 aromatic carbocycles. The molecule has 1 aliphatic rings. The van der Waals surface area contributed by atoms with Crippen LogP contribution < -0.4 is 5.32 Å². The largest absolute Gasteiger partial charge is 0.372 e. The second-order valence-corrected chi connectivity index (χ2v) is 5.60. The fourth-order valence-corrected chi connectivity index (χ4v) is 2.98. The quantitative estimate of drug-likeness (QED) is 0.772. The van der Waals surface area contributed by atoms with Crippen LogP contribution in [-0.4, -0.2) is 25.6 Å². The summed E-state index contributed by atoms with van der Waals surface area (Å²) in [6.07, 6.45) is 3.52. The molecule has 1 aromatic rings. The first kappa shape index (κ1) is 14.8. The zero-order chi connectivity index (χ0) is 13.5.